The van der Waals surface area contributed by atoms with Gasteiger partial charge in [0.15, 0.2) is 0 Å². The minimum absolute atomic E-state index is 0.0264. The Bertz CT molecular complexity index is 4640. The van der Waals surface area contributed by atoms with Gasteiger partial charge >= 0.3 is 0 Å². The SMILES string of the molecule is Bc1c(B)c(B)c(-c2c(N3c4cc5c(cc4B4c6sc7ccc(C(C)(C)C)cc7c6N(c6ccc(C(C)(C)C)cc6)c6cc(N(c7c(B)c(B)c(B)c(B)c7B)c7c(B)c(B)c(B)c(B)c7B)cc3c64)C(C)(C)CCC5(C)C)ccc3c2C(C)(C)CCC3(C)C)c(B)c1B. The summed E-state index contributed by atoms with van der Waals surface area (Å²) in [6.45, 7) is 34.4. The van der Waals surface area contributed by atoms with Crippen molar-refractivity contribution in [2.45, 2.75) is 155 Å². The molecule has 0 spiro atoms. The molecule has 9 aromatic rings. The first-order valence-electron chi connectivity index (χ1n) is 35.5. The highest BCUT2D eigenvalue weighted by Gasteiger charge is 2.50. The molecule has 3 nitrogen and oxygen atoms in total. The van der Waals surface area contributed by atoms with Gasteiger partial charge in [-0.15, -0.1) is 38.7 Å². The third kappa shape index (κ3) is 9.83. The second-order valence-electron chi connectivity index (χ2n) is 34.7. The first kappa shape index (κ1) is 66.8. The lowest BCUT2D eigenvalue weighted by Crippen LogP contribution is -2.61. The highest BCUT2D eigenvalue weighted by Crippen LogP contribution is 2.57. The monoisotopic (exact) mass is 1230 g/mol. The fourth-order valence-electron chi connectivity index (χ4n) is 17.8. The van der Waals surface area contributed by atoms with Gasteiger partial charge in [0.1, 0.15) is 118 Å². The zero-order valence-electron chi connectivity index (χ0n) is 63.2. The number of nitrogens with zero attached hydrogens (tertiary/aromatic N) is 3. The van der Waals surface area contributed by atoms with Crippen molar-refractivity contribution in [3.63, 3.8) is 0 Å². The van der Waals surface area contributed by atoms with Crippen LogP contribution in [0.2, 0.25) is 0 Å². The van der Waals surface area contributed by atoms with E-state index in [2.05, 4.69) is 308 Å². The molecule has 0 unspecified atom stereocenters. The summed E-state index contributed by atoms with van der Waals surface area (Å²) < 4.78 is 2.76. The van der Waals surface area contributed by atoms with Crippen molar-refractivity contribution in [1.82, 2.24) is 0 Å². The first-order chi connectivity index (χ1) is 43.6. The third-order valence-corrected chi connectivity index (χ3v) is 26.8. The molecule has 0 fully saturated rings. The molecule has 0 saturated heterocycles. The smallest absolute Gasteiger partial charge is 0.264 e. The molecule has 0 radical (unpaired) electrons. The van der Waals surface area contributed by atoms with Gasteiger partial charge in [0.2, 0.25) is 0 Å². The van der Waals surface area contributed by atoms with Crippen LogP contribution >= 0.6 is 11.3 Å². The quantitative estimate of drug-likeness (QED) is 0.154. The van der Waals surface area contributed by atoms with Gasteiger partial charge in [-0.1, -0.05) is 182 Å². The highest BCUT2D eigenvalue weighted by atomic mass is 32.1. The molecule has 8 aromatic carbocycles. The predicted octanol–water partition coefficient (Wildman–Crippen LogP) is -6.71. The fraction of sp³-hybridized carbons (Fsp3) is 0.324. The van der Waals surface area contributed by atoms with E-state index in [1.165, 1.54) is 203 Å². The van der Waals surface area contributed by atoms with Crippen molar-refractivity contribution in [1.29, 1.82) is 0 Å². The predicted molar refractivity (Wildman–Crippen MR) is 467 cm³/mol. The van der Waals surface area contributed by atoms with Crippen LogP contribution in [0.3, 0.4) is 0 Å². The number of benzene rings is 8. The topological polar surface area (TPSA) is 9.72 Å². The summed E-state index contributed by atoms with van der Waals surface area (Å²) in [5, 5.41) is 1.33. The fourth-order valence-corrected chi connectivity index (χ4v) is 19.1. The molecule has 2 aliphatic heterocycles. The van der Waals surface area contributed by atoms with E-state index in [1.54, 1.807) is 0 Å². The van der Waals surface area contributed by atoms with E-state index in [4.69, 9.17) is 0 Å². The molecule has 0 bridgehead atoms. The number of hydrogen-bond acceptors (Lipinski definition) is 4. The van der Waals surface area contributed by atoms with Gasteiger partial charge in [-0.05, 0) is 157 Å². The standard InChI is InChI=1S/C74H93B16N3S/c1-69(2,3)32-15-18-34(19-16-32)91-43-28-35(92(66-60(86)56(82)54(80)57(83)61(66)87)67-62(88)58(84)55(81)59(85)63(67)89)29-44-64(43)90(68-65(91)36-27-33(70(4,5)6)17-22-45(36)94-68)40-30-38-39(73(11,12)24-23-72(38,9)10)31-42(40)93(44)41-21-20-37-48(74(13,14)26-25-71(37,7)8)46(41)47-49(75)51(77)53(79)52(78)50(47)76/h15-22,27-31H,23-26,75-89H2,1-14H3. The molecule has 2 aliphatic carbocycles. The Labute approximate surface area is 583 Å². The molecular formula is C74H93B16N3S. The van der Waals surface area contributed by atoms with E-state index in [0.29, 0.717) is 0 Å². The van der Waals surface area contributed by atoms with Crippen LogP contribution in [0.1, 0.15) is 156 Å². The summed E-state index contributed by atoms with van der Waals surface area (Å²) in [6, 6.07) is 33.3. The van der Waals surface area contributed by atoms with E-state index >= 15 is 0 Å². The summed E-state index contributed by atoms with van der Waals surface area (Å²) >= 11 is 2.04. The molecule has 94 heavy (non-hydrogen) atoms. The lowest BCUT2D eigenvalue weighted by molar-refractivity contribution is 0.332. The van der Waals surface area contributed by atoms with Gasteiger partial charge in [-0.3, -0.25) is 0 Å². The van der Waals surface area contributed by atoms with Crippen molar-refractivity contribution < 1.29 is 0 Å². The Hall–Kier alpha value is -5.84. The average Bonchev–Trinajstić information content (AvgIpc) is 1.14. The highest BCUT2D eigenvalue weighted by molar-refractivity contribution is 7.33. The number of anilines is 9. The summed E-state index contributed by atoms with van der Waals surface area (Å²) in [6.07, 6.45) is 4.52. The van der Waals surface area contributed by atoms with Crippen molar-refractivity contribution in [2.24, 2.45) is 0 Å². The zero-order valence-corrected chi connectivity index (χ0v) is 64.0. The van der Waals surface area contributed by atoms with E-state index in [-0.39, 0.29) is 39.2 Å². The van der Waals surface area contributed by atoms with Crippen molar-refractivity contribution >= 4 is 295 Å². The van der Waals surface area contributed by atoms with E-state index in [0.717, 1.165) is 25.7 Å². The zero-order chi connectivity index (χ0) is 68.4. The second kappa shape index (κ2) is 22.1. The largest absolute Gasteiger partial charge is 0.313 e. The third-order valence-electron chi connectivity index (χ3n) is 25.6. The maximum atomic E-state index is 2.88. The molecule has 0 saturated carbocycles. The van der Waals surface area contributed by atoms with Crippen LogP contribution in [0.5, 0.6) is 0 Å². The van der Waals surface area contributed by atoms with E-state index < -0.39 is 0 Å². The number of hydrogen-bond donors (Lipinski definition) is 0. The van der Waals surface area contributed by atoms with Crippen LogP contribution in [-0.4, -0.2) is 124 Å². The van der Waals surface area contributed by atoms with Gasteiger partial charge in [0, 0.05) is 54.6 Å². The summed E-state index contributed by atoms with van der Waals surface area (Å²) in [5.74, 6) is 0. The molecular weight excluding hydrogens is 1140 g/mol. The maximum absolute atomic E-state index is 2.88. The molecule has 3 heterocycles. The average molecular weight is 1230 g/mol. The second-order valence-corrected chi connectivity index (χ2v) is 35.8. The maximum Gasteiger partial charge on any atom is 0.264 e. The Balaban J connectivity index is 1.31. The van der Waals surface area contributed by atoms with Gasteiger partial charge < -0.3 is 14.7 Å². The Morgan fingerprint density at radius 1 is 0.404 bits per heavy atom. The molecule has 0 atom stereocenters. The molecule has 20 heteroatoms. The normalized spacial score (nSPS) is 16.5. The van der Waals surface area contributed by atoms with Gasteiger partial charge in [0.25, 0.3) is 6.71 Å². The van der Waals surface area contributed by atoms with Gasteiger partial charge in [0.05, 0.1) is 17.1 Å². The Morgan fingerprint density at radius 2 is 0.830 bits per heavy atom. The van der Waals surface area contributed by atoms with Crippen molar-refractivity contribution in [3.8, 4) is 11.1 Å². The minimum atomic E-state index is -0.122. The molecule has 0 N–H and O–H groups in total. The molecule has 1 aromatic heterocycles. The van der Waals surface area contributed by atoms with Gasteiger partial charge in [-0.25, -0.2) is 0 Å². The van der Waals surface area contributed by atoms with Crippen molar-refractivity contribution in [2.75, 3.05) is 14.7 Å². The van der Waals surface area contributed by atoms with Crippen LogP contribution in [0, 0.1) is 0 Å². The molecule has 13 rings (SSSR count). The van der Waals surface area contributed by atoms with E-state index in [1.807, 2.05) is 11.3 Å². The number of rotatable bonds is 6. The summed E-state index contributed by atoms with van der Waals surface area (Å²) in [4.78, 5) is 8.41. The Kier molecular flexibility index (Phi) is 15.7. The lowest BCUT2D eigenvalue weighted by atomic mass is 9.35. The van der Waals surface area contributed by atoms with Crippen LogP contribution < -0.4 is 112 Å². The number of fused-ring (bicyclic) bond motifs is 8. The van der Waals surface area contributed by atoms with E-state index in [9.17, 15) is 0 Å². The minimum Gasteiger partial charge on any atom is -0.313 e. The van der Waals surface area contributed by atoms with Crippen molar-refractivity contribution in [3.05, 3.63) is 112 Å². The van der Waals surface area contributed by atoms with Crippen LogP contribution in [0.4, 0.5) is 51.2 Å². The number of thiophene rings is 1. The summed E-state index contributed by atoms with van der Waals surface area (Å²) in [5.41, 5.74) is 45.7. The molecule has 458 valence electrons. The lowest BCUT2D eigenvalue weighted by Gasteiger charge is -2.49. The molecule has 0 amide bonds. The first-order valence-corrected chi connectivity index (χ1v) is 36.3. The van der Waals surface area contributed by atoms with Gasteiger partial charge in [-0.2, -0.15) is 0 Å². The van der Waals surface area contributed by atoms with Crippen LogP contribution in [0.25, 0.3) is 21.2 Å². The van der Waals surface area contributed by atoms with Crippen LogP contribution in [-0.2, 0) is 32.5 Å². The Morgan fingerprint density at radius 3 is 1.32 bits per heavy atom. The van der Waals surface area contributed by atoms with Crippen LogP contribution in [0.15, 0.2) is 78.9 Å². The summed E-state index contributed by atoms with van der Waals surface area (Å²) in [7, 11) is 35.8. The molecule has 4 aliphatic rings.